The molecule has 0 aromatic heterocycles. The summed E-state index contributed by atoms with van der Waals surface area (Å²) < 4.78 is 0. The SMILES string of the molecule is C/C=C/CN1CCC(=O)NC2(CCCCC2)C1=O. The van der Waals surface area contributed by atoms with Crippen molar-refractivity contribution in [1.29, 1.82) is 0 Å². The molecule has 4 heteroatoms. The highest BCUT2D eigenvalue weighted by molar-refractivity contribution is 5.93. The number of carbonyl (C=O) groups is 2. The largest absolute Gasteiger partial charge is 0.342 e. The van der Waals surface area contributed by atoms with Crippen molar-refractivity contribution in [3.63, 3.8) is 0 Å². The Morgan fingerprint density at radius 3 is 2.67 bits per heavy atom. The van der Waals surface area contributed by atoms with Crippen LogP contribution in [0.15, 0.2) is 12.2 Å². The molecule has 0 unspecified atom stereocenters. The fourth-order valence-corrected chi connectivity index (χ4v) is 2.92. The van der Waals surface area contributed by atoms with Crippen LogP contribution in [-0.4, -0.2) is 35.3 Å². The molecule has 1 saturated carbocycles. The Kier molecular flexibility index (Phi) is 4.04. The minimum Gasteiger partial charge on any atom is -0.342 e. The quantitative estimate of drug-likeness (QED) is 0.757. The predicted octanol–water partition coefficient (Wildman–Crippen LogP) is 1.61. The normalized spacial score (nSPS) is 24.4. The Labute approximate surface area is 108 Å². The van der Waals surface area contributed by atoms with E-state index in [0.717, 1.165) is 25.7 Å². The third kappa shape index (κ3) is 2.57. The second-order valence-electron chi connectivity index (χ2n) is 5.26. The second-order valence-corrected chi connectivity index (χ2v) is 5.26. The molecule has 0 radical (unpaired) electrons. The van der Waals surface area contributed by atoms with Crippen molar-refractivity contribution in [2.75, 3.05) is 13.1 Å². The van der Waals surface area contributed by atoms with Gasteiger partial charge in [-0.3, -0.25) is 9.59 Å². The average molecular weight is 250 g/mol. The first kappa shape index (κ1) is 13.1. The van der Waals surface area contributed by atoms with Gasteiger partial charge in [-0.25, -0.2) is 0 Å². The summed E-state index contributed by atoms with van der Waals surface area (Å²) >= 11 is 0. The van der Waals surface area contributed by atoms with Crippen LogP contribution in [0.25, 0.3) is 0 Å². The molecule has 2 amide bonds. The molecule has 100 valence electrons. The van der Waals surface area contributed by atoms with E-state index in [9.17, 15) is 9.59 Å². The first-order chi connectivity index (χ1) is 8.68. The molecule has 2 fully saturated rings. The summed E-state index contributed by atoms with van der Waals surface area (Å²) in [5.74, 6) is 0.138. The van der Waals surface area contributed by atoms with Gasteiger partial charge in [0.1, 0.15) is 5.54 Å². The Bertz CT molecular complexity index is 357. The topological polar surface area (TPSA) is 49.4 Å². The Morgan fingerprint density at radius 1 is 1.28 bits per heavy atom. The van der Waals surface area contributed by atoms with E-state index in [0.29, 0.717) is 19.5 Å². The van der Waals surface area contributed by atoms with Crippen LogP contribution in [0.1, 0.15) is 45.4 Å². The molecule has 4 nitrogen and oxygen atoms in total. The van der Waals surface area contributed by atoms with E-state index in [1.807, 2.05) is 24.0 Å². The van der Waals surface area contributed by atoms with Crippen LogP contribution in [-0.2, 0) is 9.59 Å². The zero-order valence-electron chi connectivity index (χ0n) is 11.1. The number of hydrogen-bond acceptors (Lipinski definition) is 2. The van der Waals surface area contributed by atoms with E-state index < -0.39 is 5.54 Å². The van der Waals surface area contributed by atoms with Crippen LogP contribution >= 0.6 is 0 Å². The van der Waals surface area contributed by atoms with Gasteiger partial charge in [0.25, 0.3) is 0 Å². The number of rotatable bonds is 2. The number of nitrogens with zero attached hydrogens (tertiary/aromatic N) is 1. The van der Waals surface area contributed by atoms with Gasteiger partial charge >= 0.3 is 0 Å². The van der Waals surface area contributed by atoms with Crippen molar-refractivity contribution in [1.82, 2.24) is 10.2 Å². The summed E-state index contributed by atoms with van der Waals surface area (Å²) in [7, 11) is 0. The van der Waals surface area contributed by atoms with E-state index in [1.54, 1.807) is 0 Å². The highest BCUT2D eigenvalue weighted by atomic mass is 16.2. The molecule has 2 aliphatic rings. The Morgan fingerprint density at radius 2 is 2.00 bits per heavy atom. The fourth-order valence-electron chi connectivity index (χ4n) is 2.92. The third-order valence-electron chi connectivity index (χ3n) is 3.95. The molecule has 0 aromatic rings. The lowest BCUT2D eigenvalue weighted by molar-refractivity contribution is -0.139. The van der Waals surface area contributed by atoms with Crippen LogP contribution < -0.4 is 5.32 Å². The number of hydrogen-bond donors (Lipinski definition) is 1. The number of amides is 2. The number of carbonyl (C=O) groups excluding carboxylic acids is 2. The van der Waals surface area contributed by atoms with Crippen LogP contribution in [0.4, 0.5) is 0 Å². The van der Waals surface area contributed by atoms with Crippen molar-refractivity contribution in [3.05, 3.63) is 12.2 Å². The summed E-state index contributed by atoms with van der Waals surface area (Å²) in [6.45, 7) is 3.10. The van der Waals surface area contributed by atoms with Gasteiger partial charge in [-0.05, 0) is 19.8 Å². The van der Waals surface area contributed by atoms with Gasteiger partial charge in [-0.1, -0.05) is 31.4 Å². The van der Waals surface area contributed by atoms with Gasteiger partial charge in [-0.2, -0.15) is 0 Å². The minimum absolute atomic E-state index is 0.0215. The Hall–Kier alpha value is -1.32. The smallest absolute Gasteiger partial charge is 0.248 e. The zero-order chi connectivity index (χ0) is 13.0. The maximum absolute atomic E-state index is 12.7. The first-order valence-corrected chi connectivity index (χ1v) is 6.89. The molecule has 1 N–H and O–H groups in total. The maximum Gasteiger partial charge on any atom is 0.248 e. The summed E-state index contributed by atoms with van der Waals surface area (Å²) in [6.07, 6.45) is 9.16. The minimum atomic E-state index is -0.604. The van der Waals surface area contributed by atoms with Gasteiger partial charge in [0.15, 0.2) is 0 Å². The first-order valence-electron chi connectivity index (χ1n) is 6.89. The van der Waals surface area contributed by atoms with Crippen molar-refractivity contribution < 1.29 is 9.59 Å². The highest BCUT2D eigenvalue weighted by Gasteiger charge is 2.44. The van der Waals surface area contributed by atoms with Crippen molar-refractivity contribution >= 4 is 11.8 Å². The standard InChI is InChI=1S/C14H22N2O2/c1-2-3-10-16-11-7-12(17)15-14(13(16)18)8-5-4-6-9-14/h2-3H,4-11H2,1H3,(H,15,17)/b3-2+. The molecule has 0 bridgehead atoms. The fraction of sp³-hybridized carbons (Fsp3) is 0.714. The molecule has 1 aliphatic carbocycles. The van der Waals surface area contributed by atoms with Crippen LogP contribution in [0.2, 0.25) is 0 Å². The van der Waals surface area contributed by atoms with Crippen LogP contribution in [0, 0.1) is 0 Å². The summed E-state index contributed by atoms with van der Waals surface area (Å²) in [6, 6.07) is 0. The van der Waals surface area contributed by atoms with E-state index in [-0.39, 0.29) is 11.8 Å². The van der Waals surface area contributed by atoms with E-state index in [2.05, 4.69) is 5.32 Å². The molecule has 1 saturated heterocycles. The monoisotopic (exact) mass is 250 g/mol. The van der Waals surface area contributed by atoms with E-state index in [4.69, 9.17) is 0 Å². The van der Waals surface area contributed by atoms with Crippen LogP contribution in [0.5, 0.6) is 0 Å². The summed E-state index contributed by atoms with van der Waals surface area (Å²) in [4.78, 5) is 26.3. The average Bonchev–Trinajstić information content (AvgIpc) is 2.48. The lowest BCUT2D eigenvalue weighted by Crippen LogP contribution is -2.58. The second kappa shape index (κ2) is 5.55. The van der Waals surface area contributed by atoms with Crippen molar-refractivity contribution in [2.24, 2.45) is 0 Å². The van der Waals surface area contributed by atoms with Crippen molar-refractivity contribution in [2.45, 2.75) is 51.0 Å². The summed E-state index contributed by atoms with van der Waals surface area (Å²) in [5.41, 5.74) is -0.604. The van der Waals surface area contributed by atoms with Gasteiger partial charge in [0.2, 0.25) is 11.8 Å². The van der Waals surface area contributed by atoms with E-state index >= 15 is 0 Å². The van der Waals surface area contributed by atoms with Gasteiger partial charge in [0.05, 0.1) is 0 Å². The molecule has 2 rings (SSSR count). The molecule has 1 spiro atoms. The molecule has 18 heavy (non-hydrogen) atoms. The number of nitrogens with one attached hydrogen (secondary N) is 1. The van der Waals surface area contributed by atoms with Gasteiger partial charge < -0.3 is 10.2 Å². The molecule has 0 atom stereocenters. The molecule has 0 aromatic carbocycles. The highest BCUT2D eigenvalue weighted by Crippen LogP contribution is 2.31. The zero-order valence-corrected chi connectivity index (χ0v) is 11.1. The molecule has 1 aliphatic heterocycles. The molecular formula is C14H22N2O2. The van der Waals surface area contributed by atoms with Gasteiger partial charge in [0, 0.05) is 19.5 Å². The lowest BCUT2D eigenvalue weighted by Gasteiger charge is -2.37. The van der Waals surface area contributed by atoms with E-state index in [1.165, 1.54) is 6.42 Å². The van der Waals surface area contributed by atoms with Crippen molar-refractivity contribution in [3.8, 4) is 0 Å². The Balaban J connectivity index is 2.20. The maximum atomic E-state index is 12.7. The lowest BCUT2D eigenvalue weighted by atomic mass is 9.80. The third-order valence-corrected chi connectivity index (χ3v) is 3.95. The molecular weight excluding hydrogens is 228 g/mol. The molecule has 1 heterocycles. The predicted molar refractivity (Wildman–Crippen MR) is 70.0 cm³/mol. The van der Waals surface area contributed by atoms with Gasteiger partial charge in [-0.15, -0.1) is 0 Å². The number of allylic oxidation sites excluding steroid dienone is 1. The van der Waals surface area contributed by atoms with Crippen LogP contribution in [0.3, 0.4) is 0 Å². The summed E-state index contributed by atoms with van der Waals surface area (Å²) in [5, 5.41) is 3.00.